The highest BCUT2D eigenvalue weighted by Crippen LogP contribution is 2.50. The molecule has 0 aromatic carbocycles. The molecule has 0 saturated carbocycles. The first kappa shape index (κ1) is 8.06. The van der Waals surface area contributed by atoms with Crippen molar-refractivity contribution in [3.8, 4) is 0 Å². The fraction of sp³-hybridized carbons (Fsp3) is 0.778. The number of rotatable bonds is 1. The van der Waals surface area contributed by atoms with Crippen LogP contribution in [-0.4, -0.2) is 15.6 Å². The molecular weight excluding hydrogens is 172 g/mol. The van der Waals surface area contributed by atoms with E-state index in [9.17, 15) is 0 Å². The molecule has 0 radical (unpaired) electrons. The van der Waals surface area contributed by atoms with Gasteiger partial charge in [-0.05, 0) is 43.3 Å². The first-order valence-electron chi connectivity index (χ1n) is 4.29. The number of hydrogen-bond acceptors (Lipinski definition) is 2. The van der Waals surface area contributed by atoms with E-state index in [4.69, 9.17) is 0 Å². The monoisotopic (exact) mass is 186 g/mol. The predicted octanol–water partition coefficient (Wildman–Crippen LogP) is 3.29. The van der Waals surface area contributed by atoms with Gasteiger partial charge in [0.05, 0.1) is 4.08 Å². The van der Waals surface area contributed by atoms with E-state index in [0.717, 1.165) is 0 Å². The highest BCUT2D eigenvalue weighted by atomic mass is 32.2. The van der Waals surface area contributed by atoms with Crippen LogP contribution >= 0.6 is 23.5 Å². The molecule has 1 fully saturated rings. The lowest BCUT2D eigenvalue weighted by atomic mass is 9.96. The second-order valence-corrected chi connectivity index (χ2v) is 6.55. The Morgan fingerprint density at radius 1 is 1.36 bits per heavy atom. The fourth-order valence-electron chi connectivity index (χ4n) is 1.52. The lowest BCUT2D eigenvalue weighted by Gasteiger charge is -2.37. The lowest BCUT2D eigenvalue weighted by Crippen LogP contribution is -2.26. The molecule has 2 aliphatic rings. The van der Waals surface area contributed by atoms with Gasteiger partial charge in [0.1, 0.15) is 0 Å². The molecule has 1 aliphatic carbocycles. The fourth-order valence-corrected chi connectivity index (χ4v) is 4.64. The zero-order chi connectivity index (χ0) is 7.73. The Bertz CT molecular complexity index is 178. The van der Waals surface area contributed by atoms with Gasteiger partial charge in [0.25, 0.3) is 0 Å². The highest BCUT2D eigenvalue weighted by molar-refractivity contribution is 8.19. The summed E-state index contributed by atoms with van der Waals surface area (Å²) >= 11 is 4.29. The van der Waals surface area contributed by atoms with Gasteiger partial charge >= 0.3 is 0 Å². The molecule has 0 amide bonds. The molecule has 0 bridgehead atoms. The normalized spacial score (nSPS) is 29.0. The molecule has 62 valence electrons. The van der Waals surface area contributed by atoms with E-state index in [1.807, 2.05) is 0 Å². The van der Waals surface area contributed by atoms with E-state index in [-0.39, 0.29) is 0 Å². The van der Waals surface area contributed by atoms with Crippen molar-refractivity contribution in [2.45, 2.75) is 30.3 Å². The molecule has 0 atom stereocenters. The van der Waals surface area contributed by atoms with Crippen molar-refractivity contribution in [2.75, 3.05) is 11.5 Å². The Morgan fingerprint density at radius 3 is 2.45 bits per heavy atom. The van der Waals surface area contributed by atoms with Gasteiger partial charge in [-0.25, -0.2) is 0 Å². The van der Waals surface area contributed by atoms with E-state index in [1.54, 1.807) is 5.57 Å². The number of hydrogen-bond donors (Lipinski definition) is 0. The number of allylic oxidation sites excluding steroid dienone is 1. The first-order chi connectivity index (χ1) is 5.31. The van der Waals surface area contributed by atoms with Crippen molar-refractivity contribution < 1.29 is 0 Å². The third-order valence-corrected chi connectivity index (χ3v) is 5.75. The number of thioether (sulfide) groups is 2. The summed E-state index contributed by atoms with van der Waals surface area (Å²) in [5.74, 6) is 2.72. The van der Waals surface area contributed by atoms with E-state index in [0.29, 0.717) is 4.08 Å². The largest absolute Gasteiger partial charge is 0.140 e. The minimum Gasteiger partial charge on any atom is -0.140 e. The van der Waals surface area contributed by atoms with Crippen LogP contribution in [0.2, 0.25) is 0 Å². The molecule has 0 aromatic heterocycles. The van der Waals surface area contributed by atoms with Crippen LogP contribution in [-0.2, 0) is 0 Å². The van der Waals surface area contributed by atoms with Crippen molar-refractivity contribution >= 4 is 23.5 Å². The molecule has 2 heteroatoms. The summed E-state index contributed by atoms with van der Waals surface area (Å²) in [5.41, 5.74) is 1.70. The smallest absolute Gasteiger partial charge is 0.0792 e. The minimum atomic E-state index is 0.469. The second-order valence-electron chi connectivity index (χ2n) is 3.26. The molecular formula is C9H14S2. The summed E-state index contributed by atoms with van der Waals surface area (Å²) in [5, 5.41) is 0. The average Bonchev–Trinajstić information content (AvgIpc) is 1.83. The Hall–Kier alpha value is 0.440. The van der Waals surface area contributed by atoms with Crippen LogP contribution in [0.4, 0.5) is 0 Å². The van der Waals surface area contributed by atoms with Gasteiger partial charge in [0, 0.05) is 0 Å². The van der Waals surface area contributed by atoms with Gasteiger partial charge in [0.15, 0.2) is 0 Å². The summed E-state index contributed by atoms with van der Waals surface area (Å²) in [6, 6.07) is 0. The predicted molar refractivity (Wildman–Crippen MR) is 55.3 cm³/mol. The zero-order valence-corrected chi connectivity index (χ0v) is 8.56. The van der Waals surface area contributed by atoms with Crippen LogP contribution in [0, 0.1) is 0 Å². The van der Waals surface area contributed by atoms with E-state index >= 15 is 0 Å². The lowest BCUT2D eigenvalue weighted by molar-refractivity contribution is 0.794. The Kier molecular flexibility index (Phi) is 2.24. The average molecular weight is 186 g/mol. The SMILES string of the molecule is CC1(C2=CCC2)SCCCS1. The molecule has 0 spiro atoms. The van der Waals surface area contributed by atoms with Gasteiger partial charge in [-0.15, -0.1) is 23.5 Å². The first-order valence-corrected chi connectivity index (χ1v) is 6.26. The van der Waals surface area contributed by atoms with E-state index < -0.39 is 0 Å². The molecule has 1 aliphatic heterocycles. The Balaban J connectivity index is 2.06. The van der Waals surface area contributed by atoms with Crippen molar-refractivity contribution in [3.63, 3.8) is 0 Å². The molecule has 1 heterocycles. The summed E-state index contributed by atoms with van der Waals surface area (Å²) in [4.78, 5) is 0. The zero-order valence-electron chi connectivity index (χ0n) is 6.93. The third-order valence-electron chi connectivity index (χ3n) is 2.43. The molecule has 11 heavy (non-hydrogen) atoms. The maximum Gasteiger partial charge on any atom is 0.0792 e. The maximum absolute atomic E-state index is 2.42. The van der Waals surface area contributed by atoms with Gasteiger partial charge in [-0.2, -0.15) is 0 Å². The van der Waals surface area contributed by atoms with Gasteiger partial charge in [-0.1, -0.05) is 6.08 Å². The van der Waals surface area contributed by atoms with Gasteiger partial charge in [0.2, 0.25) is 0 Å². The van der Waals surface area contributed by atoms with Crippen molar-refractivity contribution in [1.82, 2.24) is 0 Å². The summed E-state index contributed by atoms with van der Waals surface area (Å²) < 4.78 is 0.469. The summed E-state index contributed by atoms with van der Waals surface area (Å²) in [6.07, 6.45) is 6.51. The van der Waals surface area contributed by atoms with Crippen LogP contribution in [0.1, 0.15) is 26.2 Å². The molecule has 1 saturated heterocycles. The Labute approximate surface area is 77.2 Å². The molecule has 0 N–H and O–H groups in total. The molecule has 0 nitrogen and oxygen atoms in total. The summed E-state index contributed by atoms with van der Waals surface area (Å²) in [6.45, 7) is 2.40. The van der Waals surface area contributed by atoms with Crippen LogP contribution in [0.3, 0.4) is 0 Å². The van der Waals surface area contributed by atoms with Crippen molar-refractivity contribution in [3.05, 3.63) is 11.6 Å². The topological polar surface area (TPSA) is 0 Å². The van der Waals surface area contributed by atoms with Crippen LogP contribution in [0.25, 0.3) is 0 Å². The molecule has 0 unspecified atom stereocenters. The highest BCUT2D eigenvalue weighted by Gasteiger charge is 2.33. The van der Waals surface area contributed by atoms with Crippen LogP contribution < -0.4 is 0 Å². The van der Waals surface area contributed by atoms with E-state index in [1.165, 1.54) is 30.8 Å². The van der Waals surface area contributed by atoms with E-state index in [2.05, 4.69) is 36.5 Å². The van der Waals surface area contributed by atoms with Gasteiger partial charge < -0.3 is 0 Å². The van der Waals surface area contributed by atoms with Gasteiger partial charge in [-0.3, -0.25) is 0 Å². The minimum absolute atomic E-state index is 0.469. The van der Waals surface area contributed by atoms with Crippen molar-refractivity contribution in [1.29, 1.82) is 0 Å². The third kappa shape index (κ3) is 1.48. The standard InChI is InChI=1S/C9H14S2/c1-9(8-4-2-5-8)10-6-3-7-11-9/h4H,2-3,5-7H2,1H3. The molecule has 2 rings (SSSR count). The Morgan fingerprint density at radius 2 is 2.00 bits per heavy atom. The quantitative estimate of drug-likeness (QED) is 0.576. The van der Waals surface area contributed by atoms with Crippen molar-refractivity contribution in [2.24, 2.45) is 0 Å². The van der Waals surface area contributed by atoms with Crippen LogP contribution in [0.15, 0.2) is 11.6 Å². The maximum atomic E-state index is 2.42. The molecule has 0 aromatic rings. The second kappa shape index (κ2) is 3.06. The summed E-state index contributed by atoms with van der Waals surface area (Å²) in [7, 11) is 0. The van der Waals surface area contributed by atoms with Crippen LogP contribution in [0.5, 0.6) is 0 Å².